The number of hydrogen-bond acceptors (Lipinski definition) is 3. The van der Waals surface area contributed by atoms with Crippen molar-refractivity contribution < 1.29 is 19.0 Å². The zero-order valence-corrected chi connectivity index (χ0v) is 10.00. The van der Waals surface area contributed by atoms with Crippen LogP contribution in [0.5, 0.6) is 11.5 Å². The van der Waals surface area contributed by atoms with E-state index in [0.29, 0.717) is 5.56 Å². The predicted octanol–water partition coefficient (Wildman–Crippen LogP) is 2.50. The summed E-state index contributed by atoms with van der Waals surface area (Å²) in [5.74, 6) is -2.76. The van der Waals surface area contributed by atoms with Crippen LogP contribution in [0.15, 0.2) is 18.2 Å². The average Bonchev–Trinajstić information content (AvgIpc) is 2.31. The molecule has 0 bridgehead atoms. The molecule has 0 amide bonds. The fourth-order valence-corrected chi connectivity index (χ4v) is 2.65. The van der Waals surface area contributed by atoms with Gasteiger partial charge in [0.25, 0.3) is 0 Å². The standard InChI is InChI=1S/C13H17F2NO2/c14-13(15)5-3-12(8-16,4-6-13)10-2-1-9(17)7-11(10)18/h1-2,7,17-18H,3-6,8,16H2. The summed E-state index contributed by atoms with van der Waals surface area (Å²) in [4.78, 5) is 0. The number of alkyl halides is 2. The summed E-state index contributed by atoms with van der Waals surface area (Å²) < 4.78 is 26.4. The second kappa shape index (κ2) is 4.39. The van der Waals surface area contributed by atoms with Gasteiger partial charge in [-0.15, -0.1) is 0 Å². The third-order valence-electron chi connectivity index (χ3n) is 3.88. The maximum Gasteiger partial charge on any atom is 0.248 e. The fraction of sp³-hybridized carbons (Fsp3) is 0.538. The summed E-state index contributed by atoms with van der Waals surface area (Å²) in [6.07, 6.45) is 0.0543. The lowest BCUT2D eigenvalue weighted by Crippen LogP contribution is -2.42. The molecule has 2 rings (SSSR count). The Bertz CT molecular complexity index is 439. The van der Waals surface area contributed by atoms with Crippen molar-refractivity contribution in [3.8, 4) is 11.5 Å². The van der Waals surface area contributed by atoms with E-state index >= 15 is 0 Å². The molecule has 0 saturated heterocycles. The normalized spacial score (nSPS) is 21.7. The highest BCUT2D eigenvalue weighted by Crippen LogP contribution is 2.47. The molecule has 1 saturated carbocycles. The van der Waals surface area contributed by atoms with Gasteiger partial charge < -0.3 is 15.9 Å². The van der Waals surface area contributed by atoms with Gasteiger partial charge in [0.2, 0.25) is 5.92 Å². The minimum Gasteiger partial charge on any atom is -0.508 e. The smallest absolute Gasteiger partial charge is 0.248 e. The molecular weight excluding hydrogens is 240 g/mol. The van der Waals surface area contributed by atoms with Crippen LogP contribution >= 0.6 is 0 Å². The van der Waals surface area contributed by atoms with Crippen molar-refractivity contribution in [1.82, 2.24) is 0 Å². The van der Waals surface area contributed by atoms with Gasteiger partial charge in [-0.05, 0) is 18.9 Å². The molecule has 1 fully saturated rings. The van der Waals surface area contributed by atoms with Crippen LogP contribution in [0.25, 0.3) is 0 Å². The highest BCUT2D eigenvalue weighted by Gasteiger charge is 2.44. The molecule has 3 nitrogen and oxygen atoms in total. The first-order valence-corrected chi connectivity index (χ1v) is 5.99. The second-order valence-electron chi connectivity index (χ2n) is 5.04. The summed E-state index contributed by atoms with van der Waals surface area (Å²) in [6.45, 7) is 0.210. The zero-order valence-electron chi connectivity index (χ0n) is 10.00. The van der Waals surface area contributed by atoms with E-state index in [-0.39, 0.29) is 43.7 Å². The predicted molar refractivity (Wildman–Crippen MR) is 63.9 cm³/mol. The van der Waals surface area contributed by atoms with Crippen molar-refractivity contribution in [3.63, 3.8) is 0 Å². The molecule has 1 aliphatic rings. The number of halogens is 2. The maximum absolute atomic E-state index is 13.2. The highest BCUT2D eigenvalue weighted by atomic mass is 19.3. The lowest BCUT2D eigenvalue weighted by atomic mass is 9.68. The first-order chi connectivity index (χ1) is 8.38. The number of rotatable bonds is 2. The van der Waals surface area contributed by atoms with Crippen LogP contribution in [-0.2, 0) is 5.41 Å². The molecule has 0 atom stereocenters. The van der Waals surface area contributed by atoms with Crippen LogP contribution < -0.4 is 5.73 Å². The summed E-state index contributed by atoms with van der Waals surface area (Å²) in [6, 6.07) is 4.24. The Morgan fingerprint density at radius 1 is 1.11 bits per heavy atom. The molecule has 0 heterocycles. The quantitative estimate of drug-likeness (QED) is 0.762. The van der Waals surface area contributed by atoms with Gasteiger partial charge in [0.1, 0.15) is 11.5 Å². The van der Waals surface area contributed by atoms with Crippen LogP contribution in [0.4, 0.5) is 8.78 Å². The third-order valence-corrected chi connectivity index (χ3v) is 3.88. The number of phenolic OH excluding ortho intramolecular Hbond substituents is 2. The third kappa shape index (κ3) is 2.27. The summed E-state index contributed by atoms with van der Waals surface area (Å²) >= 11 is 0. The minimum absolute atomic E-state index is 0.0513. The highest BCUT2D eigenvalue weighted by molar-refractivity contribution is 5.44. The van der Waals surface area contributed by atoms with Crippen LogP contribution in [0.1, 0.15) is 31.2 Å². The van der Waals surface area contributed by atoms with Gasteiger partial charge in [0, 0.05) is 36.4 Å². The van der Waals surface area contributed by atoms with Crippen LogP contribution in [0.3, 0.4) is 0 Å². The minimum atomic E-state index is -2.63. The van der Waals surface area contributed by atoms with Crippen molar-refractivity contribution in [3.05, 3.63) is 23.8 Å². The number of nitrogens with two attached hydrogens (primary N) is 1. The average molecular weight is 257 g/mol. The van der Waals surface area contributed by atoms with Gasteiger partial charge in [-0.3, -0.25) is 0 Å². The number of phenols is 2. The molecule has 0 aliphatic heterocycles. The van der Waals surface area contributed by atoms with Crippen LogP contribution in [0.2, 0.25) is 0 Å². The molecule has 1 aromatic rings. The zero-order chi connectivity index (χ0) is 13.4. The van der Waals surface area contributed by atoms with E-state index in [1.807, 2.05) is 0 Å². The largest absolute Gasteiger partial charge is 0.508 e. The van der Waals surface area contributed by atoms with E-state index in [2.05, 4.69) is 0 Å². The van der Waals surface area contributed by atoms with Gasteiger partial charge in [0.05, 0.1) is 0 Å². The van der Waals surface area contributed by atoms with E-state index in [0.717, 1.165) is 0 Å². The molecular formula is C13H17F2NO2. The monoisotopic (exact) mass is 257 g/mol. The Balaban J connectivity index is 2.33. The van der Waals surface area contributed by atoms with E-state index in [1.165, 1.54) is 12.1 Å². The van der Waals surface area contributed by atoms with Crippen molar-refractivity contribution in [2.45, 2.75) is 37.0 Å². The molecule has 18 heavy (non-hydrogen) atoms. The molecule has 5 heteroatoms. The Morgan fingerprint density at radius 3 is 2.22 bits per heavy atom. The molecule has 0 aromatic heterocycles. The molecule has 1 aliphatic carbocycles. The molecule has 100 valence electrons. The van der Waals surface area contributed by atoms with Crippen molar-refractivity contribution in [2.24, 2.45) is 5.73 Å². The number of aromatic hydroxyl groups is 2. The van der Waals surface area contributed by atoms with E-state index in [4.69, 9.17) is 5.73 Å². The molecule has 0 radical (unpaired) electrons. The Labute approximate surface area is 104 Å². The topological polar surface area (TPSA) is 66.5 Å². The van der Waals surface area contributed by atoms with Crippen molar-refractivity contribution in [1.29, 1.82) is 0 Å². The summed E-state index contributed by atoms with van der Waals surface area (Å²) in [5, 5.41) is 19.1. The summed E-state index contributed by atoms with van der Waals surface area (Å²) in [5.41, 5.74) is 5.69. The van der Waals surface area contributed by atoms with Gasteiger partial charge in [-0.2, -0.15) is 0 Å². The van der Waals surface area contributed by atoms with Crippen molar-refractivity contribution >= 4 is 0 Å². The SMILES string of the molecule is NCC1(c2ccc(O)cc2O)CCC(F)(F)CC1. The maximum atomic E-state index is 13.2. The Hall–Kier alpha value is -1.36. The molecule has 1 aromatic carbocycles. The van der Waals surface area contributed by atoms with Crippen molar-refractivity contribution in [2.75, 3.05) is 6.54 Å². The van der Waals surface area contributed by atoms with Crippen LogP contribution in [-0.4, -0.2) is 22.7 Å². The Morgan fingerprint density at radius 2 is 1.72 bits per heavy atom. The lowest BCUT2D eigenvalue weighted by Gasteiger charge is -2.40. The first-order valence-electron chi connectivity index (χ1n) is 5.99. The Kier molecular flexibility index (Phi) is 3.19. The lowest BCUT2D eigenvalue weighted by molar-refractivity contribution is -0.0511. The number of hydrogen-bond donors (Lipinski definition) is 3. The van der Waals surface area contributed by atoms with Gasteiger partial charge in [0.15, 0.2) is 0 Å². The fourth-order valence-electron chi connectivity index (χ4n) is 2.65. The first kappa shape index (κ1) is 13.1. The number of benzene rings is 1. The van der Waals surface area contributed by atoms with Gasteiger partial charge in [-0.25, -0.2) is 8.78 Å². The molecule has 0 unspecified atom stereocenters. The van der Waals surface area contributed by atoms with E-state index in [9.17, 15) is 19.0 Å². The van der Waals surface area contributed by atoms with E-state index in [1.54, 1.807) is 6.07 Å². The molecule has 4 N–H and O–H groups in total. The summed E-state index contributed by atoms with van der Waals surface area (Å²) in [7, 11) is 0. The van der Waals surface area contributed by atoms with Crippen LogP contribution in [0, 0.1) is 0 Å². The second-order valence-corrected chi connectivity index (χ2v) is 5.04. The van der Waals surface area contributed by atoms with E-state index < -0.39 is 11.3 Å². The van der Waals surface area contributed by atoms with Gasteiger partial charge in [-0.1, -0.05) is 6.07 Å². The van der Waals surface area contributed by atoms with Gasteiger partial charge >= 0.3 is 0 Å². The molecule has 0 spiro atoms.